The van der Waals surface area contributed by atoms with Crippen LogP contribution < -0.4 is 5.32 Å². The number of nitrogens with zero attached hydrogens (tertiary/aromatic N) is 2. The normalized spacial score (nSPS) is 12.6. The van der Waals surface area contributed by atoms with Crippen molar-refractivity contribution in [3.63, 3.8) is 0 Å². The Kier molecular flexibility index (Phi) is 6.74. The molecule has 0 aliphatic carbocycles. The van der Waals surface area contributed by atoms with Crippen LogP contribution in [0.1, 0.15) is 66.1 Å². The third-order valence-corrected chi connectivity index (χ3v) is 3.80. The van der Waals surface area contributed by atoms with Crippen LogP contribution in [-0.2, 0) is 6.42 Å². The summed E-state index contributed by atoms with van der Waals surface area (Å²) >= 11 is 0. The molecule has 0 saturated carbocycles. The average molecular weight is 279 g/mol. The van der Waals surface area contributed by atoms with Gasteiger partial charge in [0.1, 0.15) is 0 Å². The van der Waals surface area contributed by atoms with Crippen LogP contribution >= 0.6 is 0 Å². The molecule has 0 radical (unpaired) electrons. The van der Waals surface area contributed by atoms with Gasteiger partial charge in [0.05, 0.1) is 11.7 Å². The van der Waals surface area contributed by atoms with Gasteiger partial charge in [-0.3, -0.25) is 4.68 Å². The molecule has 0 atom stereocenters. The van der Waals surface area contributed by atoms with Crippen LogP contribution in [0.15, 0.2) is 12.3 Å². The lowest BCUT2D eigenvalue weighted by molar-refractivity contribution is 0.324. The fourth-order valence-electron chi connectivity index (χ4n) is 2.59. The summed E-state index contributed by atoms with van der Waals surface area (Å²) in [5.41, 5.74) is 1.47. The van der Waals surface area contributed by atoms with Crippen molar-refractivity contribution in [1.82, 2.24) is 15.1 Å². The maximum Gasteiger partial charge on any atom is 0.0630 e. The van der Waals surface area contributed by atoms with Crippen LogP contribution in [0.2, 0.25) is 0 Å². The molecule has 1 aromatic heterocycles. The number of hydrogen-bond donors (Lipinski definition) is 1. The quantitative estimate of drug-likeness (QED) is 0.739. The maximum absolute atomic E-state index is 4.77. The van der Waals surface area contributed by atoms with Crippen molar-refractivity contribution in [3.05, 3.63) is 18.0 Å². The molecule has 3 heteroatoms. The van der Waals surface area contributed by atoms with Gasteiger partial charge in [0.25, 0.3) is 0 Å². The van der Waals surface area contributed by atoms with Gasteiger partial charge in [-0.15, -0.1) is 0 Å². The fourth-order valence-corrected chi connectivity index (χ4v) is 2.59. The van der Waals surface area contributed by atoms with E-state index in [4.69, 9.17) is 5.10 Å². The van der Waals surface area contributed by atoms with Gasteiger partial charge in [-0.05, 0) is 43.2 Å². The van der Waals surface area contributed by atoms with E-state index in [1.165, 1.54) is 5.69 Å². The summed E-state index contributed by atoms with van der Waals surface area (Å²) in [6, 6.07) is 2.73. The highest BCUT2D eigenvalue weighted by atomic mass is 15.3. The minimum atomic E-state index is 0.252. The van der Waals surface area contributed by atoms with E-state index in [0.29, 0.717) is 12.0 Å². The van der Waals surface area contributed by atoms with Crippen LogP contribution in [0.25, 0.3) is 0 Å². The SMILES string of the molecule is CCC(CC)n1ccc(CC(C)(C)CNCC(C)C)n1. The van der Waals surface area contributed by atoms with Gasteiger partial charge in [0.2, 0.25) is 0 Å². The third kappa shape index (κ3) is 5.66. The Morgan fingerprint density at radius 1 is 1.25 bits per heavy atom. The minimum absolute atomic E-state index is 0.252. The number of nitrogens with one attached hydrogen (secondary N) is 1. The molecule has 1 N–H and O–H groups in total. The maximum atomic E-state index is 4.77. The van der Waals surface area contributed by atoms with E-state index < -0.39 is 0 Å². The molecule has 0 aliphatic rings. The Balaban J connectivity index is 2.54. The van der Waals surface area contributed by atoms with Crippen LogP contribution in [0, 0.1) is 11.3 Å². The standard InChI is InChI=1S/C17H33N3/c1-7-16(8-2)20-10-9-15(19-20)11-17(5,6)13-18-12-14(3)4/h9-10,14,16,18H,7-8,11-13H2,1-6H3. The zero-order valence-electron chi connectivity index (χ0n) is 14.2. The van der Waals surface area contributed by atoms with Gasteiger partial charge in [-0.2, -0.15) is 5.10 Å². The lowest BCUT2D eigenvalue weighted by atomic mass is 9.87. The highest BCUT2D eigenvalue weighted by Crippen LogP contribution is 2.21. The molecule has 20 heavy (non-hydrogen) atoms. The predicted molar refractivity (Wildman–Crippen MR) is 87.0 cm³/mol. The molecule has 1 heterocycles. The molecular weight excluding hydrogens is 246 g/mol. The van der Waals surface area contributed by atoms with Crippen molar-refractivity contribution in [2.24, 2.45) is 11.3 Å². The molecule has 0 saturated heterocycles. The summed E-state index contributed by atoms with van der Waals surface area (Å²) in [6.45, 7) is 15.7. The second-order valence-electron chi connectivity index (χ2n) is 7.12. The molecule has 116 valence electrons. The molecule has 1 aromatic rings. The minimum Gasteiger partial charge on any atom is -0.316 e. The first-order chi connectivity index (χ1) is 9.38. The molecule has 1 rings (SSSR count). The van der Waals surface area contributed by atoms with Crippen molar-refractivity contribution in [2.45, 2.75) is 66.8 Å². The van der Waals surface area contributed by atoms with E-state index in [-0.39, 0.29) is 5.41 Å². The van der Waals surface area contributed by atoms with Gasteiger partial charge in [-0.1, -0.05) is 41.5 Å². The Morgan fingerprint density at radius 3 is 2.45 bits per heavy atom. The van der Waals surface area contributed by atoms with Crippen LogP contribution in [0.3, 0.4) is 0 Å². The number of aromatic nitrogens is 2. The second-order valence-corrected chi connectivity index (χ2v) is 7.12. The first kappa shape index (κ1) is 17.2. The monoisotopic (exact) mass is 279 g/mol. The lowest BCUT2D eigenvalue weighted by Gasteiger charge is -2.24. The lowest BCUT2D eigenvalue weighted by Crippen LogP contribution is -2.33. The van der Waals surface area contributed by atoms with E-state index in [0.717, 1.165) is 32.4 Å². The molecule has 0 bridgehead atoms. The molecule has 0 aromatic carbocycles. The zero-order valence-corrected chi connectivity index (χ0v) is 14.2. The van der Waals surface area contributed by atoms with Gasteiger partial charge in [-0.25, -0.2) is 0 Å². The summed E-state index contributed by atoms with van der Waals surface area (Å²) in [5, 5.41) is 8.33. The van der Waals surface area contributed by atoms with E-state index in [2.05, 4.69) is 63.8 Å². The van der Waals surface area contributed by atoms with Gasteiger partial charge >= 0.3 is 0 Å². The van der Waals surface area contributed by atoms with E-state index in [9.17, 15) is 0 Å². The highest BCUT2D eigenvalue weighted by molar-refractivity contribution is 5.03. The van der Waals surface area contributed by atoms with Crippen molar-refractivity contribution in [1.29, 1.82) is 0 Å². The van der Waals surface area contributed by atoms with Crippen LogP contribution in [0.5, 0.6) is 0 Å². The Morgan fingerprint density at radius 2 is 1.90 bits per heavy atom. The summed E-state index contributed by atoms with van der Waals surface area (Å²) in [4.78, 5) is 0. The van der Waals surface area contributed by atoms with E-state index in [1.807, 2.05) is 0 Å². The summed E-state index contributed by atoms with van der Waals surface area (Å²) in [7, 11) is 0. The number of hydrogen-bond acceptors (Lipinski definition) is 2. The Labute approximate surface area is 125 Å². The third-order valence-electron chi connectivity index (χ3n) is 3.80. The largest absolute Gasteiger partial charge is 0.316 e. The summed E-state index contributed by atoms with van der Waals surface area (Å²) in [6.07, 6.45) is 5.48. The average Bonchev–Trinajstić information content (AvgIpc) is 2.77. The van der Waals surface area contributed by atoms with E-state index in [1.54, 1.807) is 0 Å². The van der Waals surface area contributed by atoms with Gasteiger partial charge < -0.3 is 5.32 Å². The highest BCUT2D eigenvalue weighted by Gasteiger charge is 2.20. The van der Waals surface area contributed by atoms with Crippen molar-refractivity contribution in [3.8, 4) is 0 Å². The molecule has 0 aliphatic heterocycles. The van der Waals surface area contributed by atoms with Gasteiger partial charge in [0, 0.05) is 12.7 Å². The molecule has 3 nitrogen and oxygen atoms in total. The molecule has 0 spiro atoms. The summed E-state index contributed by atoms with van der Waals surface area (Å²) < 4.78 is 2.15. The molecular formula is C17H33N3. The van der Waals surface area contributed by atoms with E-state index >= 15 is 0 Å². The second kappa shape index (κ2) is 7.82. The smallest absolute Gasteiger partial charge is 0.0630 e. The fraction of sp³-hybridized carbons (Fsp3) is 0.824. The Hall–Kier alpha value is -0.830. The topological polar surface area (TPSA) is 29.9 Å². The van der Waals surface area contributed by atoms with Crippen molar-refractivity contribution in [2.75, 3.05) is 13.1 Å². The molecule has 0 fully saturated rings. The van der Waals surface area contributed by atoms with Crippen molar-refractivity contribution >= 4 is 0 Å². The number of rotatable bonds is 9. The first-order valence-corrected chi connectivity index (χ1v) is 8.12. The van der Waals surface area contributed by atoms with Crippen LogP contribution in [0.4, 0.5) is 0 Å². The van der Waals surface area contributed by atoms with Gasteiger partial charge in [0.15, 0.2) is 0 Å². The first-order valence-electron chi connectivity index (χ1n) is 8.12. The molecule has 0 amide bonds. The summed E-state index contributed by atoms with van der Waals surface area (Å²) in [5.74, 6) is 0.708. The molecule has 0 unspecified atom stereocenters. The zero-order chi connectivity index (χ0) is 15.2. The van der Waals surface area contributed by atoms with Crippen molar-refractivity contribution < 1.29 is 0 Å². The predicted octanol–water partition coefficient (Wildman–Crippen LogP) is 4.06. The Bertz CT molecular complexity index is 375. The van der Waals surface area contributed by atoms with Crippen LogP contribution in [-0.4, -0.2) is 22.9 Å².